The molecule has 0 saturated carbocycles. The van der Waals surface area contributed by atoms with Gasteiger partial charge in [-0.3, -0.25) is 0 Å². The molecule has 260 valence electrons. The Morgan fingerprint density at radius 1 is 0.519 bits per heavy atom. The SMILES string of the molecule is O=C(O)c1cc(Cc2ccccc2)ccc1COOc1ccc(-c2ccc(OC(=O)c3ccc(Cc4ccccc4)cc3C(=O)O)c(Cl)c2)cc1Cl. The number of rotatable bonds is 13. The highest BCUT2D eigenvalue weighted by Gasteiger charge is 2.21. The number of carbonyl (C=O) groups excluding carboxylic acids is 1. The second kappa shape index (κ2) is 16.4. The first-order chi connectivity index (χ1) is 25.1. The monoisotopic (exact) mass is 732 g/mol. The van der Waals surface area contributed by atoms with Crippen molar-refractivity contribution in [1.82, 2.24) is 0 Å². The van der Waals surface area contributed by atoms with Crippen molar-refractivity contribution in [2.75, 3.05) is 0 Å². The Hall–Kier alpha value is -5.93. The molecule has 0 bridgehead atoms. The van der Waals surface area contributed by atoms with Gasteiger partial charge in [0.05, 0.1) is 26.7 Å². The molecule has 0 aliphatic heterocycles. The quantitative estimate of drug-likeness (QED) is 0.0521. The maximum atomic E-state index is 13.1. The number of hydrogen-bond acceptors (Lipinski definition) is 6. The van der Waals surface area contributed by atoms with Gasteiger partial charge in [0.25, 0.3) is 0 Å². The van der Waals surface area contributed by atoms with Crippen molar-refractivity contribution in [3.63, 3.8) is 0 Å². The van der Waals surface area contributed by atoms with Crippen LogP contribution in [0.4, 0.5) is 0 Å². The predicted octanol–water partition coefficient (Wildman–Crippen LogP) is 9.97. The zero-order valence-corrected chi connectivity index (χ0v) is 28.9. The Kier molecular flexibility index (Phi) is 11.3. The van der Waals surface area contributed by atoms with E-state index in [2.05, 4.69) is 0 Å². The number of esters is 1. The summed E-state index contributed by atoms with van der Waals surface area (Å²) >= 11 is 13.0. The third-order valence-electron chi connectivity index (χ3n) is 8.20. The van der Waals surface area contributed by atoms with Crippen molar-refractivity contribution in [3.05, 3.63) is 188 Å². The summed E-state index contributed by atoms with van der Waals surface area (Å²) in [5, 5.41) is 20.0. The Balaban J connectivity index is 1.09. The number of benzene rings is 6. The maximum Gasteiger partial charge on any atom is 0.344 e. The lowest BCUT2D eigenvalue weighted by Crippen LogP contribution is -2.15. The van der Waals surface area contributed by atoms with Crippen LogP contribution < -0.4 is 9.62 Å². The van der Waals surface area contributed by atoms with Gasteiger partial charge >= 0.3 is 17.9 Å². The van der Waals surface area contributed by atoms with Gasteiger partial charge in [-0.05, 0) is 94.3 Å². The van der Waals surface area contributed by atoms with E-state index in [1.54, 1.807) is 48.5 Å². The number of ether oxygens (including phenoxy) is 1. The van der Waals surface area contributed by atoms with E-state index in [0.29, 0.717) is 29.5 Å². The Morgan fingerprint density at radius 3 is 1.58 bits per heavy atom. The van der Waals surface area contributed by atoms with E-state index in [0.717, 1.165) is 22.3 Å². The van der Waals surface area contributed by atoms with Crippen LogP contribution in [0.5, 0.6) is 11.5 Å². The van der Waals surface area contributed by atoms with E-state index < -0.39 is 17.9 Å². The molecule has 0 amide bonds. The van der Waals surface area contributed by atoms with Gasteiger partial charge in [-0.15, -0.1) is 0 Å². The Morgan fingerprint density at radius 2 is 1.04 bits per heavy atom. The predicted molar refractivity (Wildman–Crippen MR) is 198 cm³/mol. The topological polar surface area (TPSA) is 119 Å². The summed E-state index contributed by atoms with van der Waals surface area (Å²) in [6, 6.07) is 38.8. The van der Waals surface area contributed by atoms with Crippen LogP contribution in [-0.2, 0) is 24.3 Å². The number of aromatic carboxylic acids is 2. The molecule has 0 unspecified atom stereocenters. The minimum absolute atomic E-state index is 0.0494. The normalized spacial score (nSPS) is 10.8. The molecule has 0 saturated heterocycles. The van der Waals surface area contributed by atoms with Gasteiger partial charge in [0, 0.05) is 0 Å². The van der Waals surface area contributed by atoms with E-state index in [9.17, 15) is 24.6 Å². The van der Waals surface area contributed by atoms with Gasteiger partial charge in [-0.2, -0.15) is 4.89 Å². The highest BCUT2D eigenvalue weighted by molar-refractivity contribution is 6.33. The van der Waals surface area contributed by atoms with Gasteiger partial charge in [0.15, 0.2) is 5.75 Å². The molecule has 0 aliphatic carbocycles. The van der Waals surface area contributed by atoms with Crippen LogP contribution in [0.1, 0.15) is 58.9 Å². The summed E-state index contributed by atoms with van der Waals surface area (Å²) < 4.78 is 5.52. The molecule has 10 heteroatoms. The first-order valence-electron chi connectivity index (χ1n) is 16.0. The lowest BCUT2D eigenvalue weighted by Gasteiger charge is -2.12. The van der Waals surface area contributed by atoms with Crippen LogP contribution in [-0.4, -0.2) is 28.1 Å². The van der Waals surface area contributed by atoms with Crippen molar-refractivity contribution in [1.29, 1.82) is 0 Å². The summed E-state index contributed by atoms with van der Waals surface area (Å²) in [6.07, 6.45) is 1.10. The van der Waals surface area contributed by atoms with Crippen molar-refractivity contribution >= 4 is 41.1 Å². The minimum Gasteiger partial charge on any atom is -0.478 e. The van der Waals surface area contributed by atoms with Crippen molar-refractivity contribution in [2.24, 2.45) is 0 Å². The molecular formula is C42H30Cl2O8. The molecule has 6 rings (SSSR count). The van der Waals surface area contributed by atoms with Crippen LogP contribution in [0.15, 0.2) is 133 Å². The van der Waals surface area contributed by atoms with Gasteiger partial charge < -0.3 is 19.8 Å². The van der Waals surface area contributed by atoms with Gasteiger partial charge in [0.2, 0.25) is 0 Å². The molecule has 8 nitrogen and oxygen atoms in total. The second-order valence-corrected chi connectivity index (χ2v) is 12.6. The summed E-state index contributed by atoms with van der Waals surface area (Å²) in [7, 11) is 0. The van der Waals surface area contributed by atoms with Crippen LogP contribution in [0.3, 0.4) is 0 Å². The first kappa shape index (κ1) is 35.9. The van der Waals surface area contributed by atoms with E-state index in [-0.39, 0.29) is 44.8 Å². The molecule has 0 heterocycles. The number of halogens is 2. The molecule has 0 aromatic heterocycles. The van der Waals surface area contributed by atoms with Gasteiger partial charge in [-0.25, -0.2) is 14.4 Å². The van der Waals surface area contributed by atoms with E-state index in [1.165, 1.54) is 18.2 Å². The molecule has 0 radical (unpaired) electrons. The summed E-state index contributed by atoms with van der Waals surface area (Å²) in [6.45, 7) is -0.132. The van der Waals surface area contributed by atoms with Crippen molar-refractivity contribution < 1.29 is 39.1 Å². The third-order valence-corrected chi connectivity index (χ3v) is 8.79. The summed E-state index contributed by atoms with van der Waals surface area (Å²) in [5.74, 6) is -2.93. The first-order valence-corrected chi connectivity index (χ1v) is 16.8. The standard InChI is InChI=1S/C42H30Cl2O8/c43-36-23-30(14-17-38(36)51-42(49)33-16-12-29(22-35(33)41(47)48)20-27-9-5-2-6-10-27)31-15-18-39(37(44)24-31)52-50-25-32-13-11-28(21-34(32)40(45)46)19-26-7-3-1-4-8-26/h1-18,21-24H,19-20,25H2,(H,45,46)(H,47,48). The van der Waals surface area contributed by atoms with Gasteiger partial charge in [-0.1, -0.05) is 114 Å². The molecule has 6 aromatic carbocycles. The largest absolute Gasteiger partial charge is 0.478 e. The number of carboxylic acid groups (broad SMARTS) is 2. The average Bonchev–Trinajstić information content (AvgIpc) is 3.14. The fourth-order valence-corrected chi connectivity index (χ4v) is 6.03. The molecule has 0 fully saturated rings. The van der Waals surface area contributed by atoms with E-state index in [4.69, 9.17) is 37.7 Å². The molecule has 0 atom stereocenters. The molecule has 2 N–H and O–H groups in total. The van der Waals surface area contributed by atoms with Crippen LogP contribution in [0.25, 0.3) is 11.1 Å². The third kappa shape index (κ3) is 8.86. The summed E-state index contributed by atoms with van der Waals surface area (Å²) in [5.41, 5.74) is 5.26. The van der Waals surface area contributed by atoms with E-state index >= 15 is 0 Å². The number of carbonyl (C=O) groups is 3. The van der Waals surface area contributed by atoms with Crippen molar-refractivity contribution in [3.8, 4) is 22.6 Å². The maximum absolute atomic E-state index is 13.1. The fraction of sp³-hybridized carbons (Fsp3) is 0.0714. The average molecular weight is 734 g/mol. The summed E-state index contributed by atoms with van der Waals surface area (Å²) in [4.78, 5) is 47.9. The zero-order valence-electron chi connectivity index (χ0n) is 27.4. The molecule has 0 spiro atoms. The molecule has 0 aliphatic rings. The Labute approximate surface area is 309 Å². The van der Waals surface area contributed by atoms with Crippen LogP contribution >= 0.6 is 23.2 Å². The van der Waals surface area contributed by atoms with E-state index in [1.807, 2.05) is 66.7 Å². The van der Waals surface area contributed by atoms with Crippen LogP contribution in [0, 0.1) is 0 Å². The van der Waals surface area contributed by atoms with Crippen molar-refractivity contribution in [2.45, 2.75) is 19.4 Å². The minimum atomic E-state index is -1.25. The fourth-order valence-electron chi connectivity index (χ4n) is 5.60. The van der Waals surface area contributed by atoms with Crippen LogP contribution in [0.2, 0.25) is 10.0 Å². The highest BCUT2D eigenvalue weighted by Crippen LogP contribution is 2.35. The smallest absolute Gasteiger partial charge is 0.344 e. The molecular weight excluding hydrogens is 703 g/mol. The highest BCUT2D eigenvalue weighted by atomic mass is 35.5. The lowest BCUT2D eigenvalue weighted by molar-refractivity contribution is -0.217. The van der Waals surface area contributed by atoms with Gasteiger partial charge in [0.1, 0.15) is 12.4 Å². The Bertz CT molecular complexity index is 2260. The zero-order chi connectivity index (χ0) is 36.6. The number of hydrogen-bond donors (Lipinski definition) is 2. The molecule has 52 heavy (non-hydrogen) atoms. The number of carboxylic acids is 2. The molecule has 6 aromatic rings. The second-order valence-electron chi connectivity index (χ2n) is 11.8. The lowest BCUT2D eigenvalue weighted by atomic mass is 9.99.